The molecule has 1 N–H and O–H groups in total. The van der Waals surface area contributed by atoms with Gasteiger partial charge in [0, 0.05) is 25.6 Å². The van der Waals surface area contributed by atoms with Gasteiger partial charge in [0.1, 0.15) is 5.82 Å². The molecule has 4 fully saturated rings. The molecular formula is C19H26N8O2. The first kappa shape index (κ1) is 17.3. The van der Waals surface area contributed by atoms with Gasteiger partial charge in [-0.2, -0.15) is 9.90 Å². The van der Waals surface area contributed by atoms with Gasteiger partial charge in [-0.1, -0.05) is 0 Å². The Hall–Kier alpha value is -2.52. The van der Waals surface area contributed by atoms with E-state index < -0.39 is 0 Å². The van der Waals surface area contributed by atoms with Crippen LogP contribution in [-0.2, 0) is 30.3 Å². The molecule has 2 unspecified atom stereocenters. The Bertz CT molecular complexity index is 1010. The largest absolute Gasteiger partial charge is 0.350 e. The van der Waals surface area contributed by atoms with Gasteiger partial charge >= 0.3 is 5.69 Å². The number of aryl methyl sites for hydroxylation is 2. The van der Waals surface area contributed by atoms with Crippen molar-refractivity contribution in [2.75, 3.05) is 0 Å². The molecule has 1 amide bonds. The molecule has 4 bridgehead atoms. The van der Waals surface area contributed by atoms with E-state index >= 15 is 0 Å². The number of nitrogens with zero attached hydrogens (tertiary/aromatic N) is 7. The lowest BCUT2D eigenvalue weighted by atomic mass is 9.50. The number of hydrogen-bond acceptors (Lipinski definition) is 6. The first-order valence-corrected chi connectivity index (χ1v) is 10.6. The van der Waals surface area contributed by atoms with E-state index in [0.29, 0.717) is 24.8 Å². The maximum Gasteiger partial charge on any atom is 0.345 e. The van der Waals surface area contributed by atoms with Gasteiger partial charge in [0.15, 0.2) is 6.33 Å². The molecule has 0 aromatic carbocycles. The highest BCUT2D eigenvalue weighted by atomic mass is 16.2. The Balaban J connectivity index is 1.25. The molecule has 10 heteroatoms. The number of aromatic nitrogens is 7. The zero-order valence-electron chi connectivity index (χ0n) is 16.6. The van der Waals surface area contributed by atoms with Crippen molar-refractivity contribution in [1.29, 1.82) is 0 Å². The molecular weight excluding hydrogens is 372 g/mol. The van der Waals surface area contributed by atoms with E-state index in [2.05, 4.69) is 25.8 Å². The normalized spacial score (nSPS) is 37.5. The topological polar surface area (TPSA) is 113 Å². The number of tetrazole rings is 1. The summed E-state index contributed by atoms with van der Waals surface area (Å²) >= 11 is 0. The van der Waals surface area contributed by atoms with E-state index in [1.54, 1.807) is 11.6 Å². The average Bonchev–Trinajstić information content (AvgIpc) is 3.30. The second-order valence-electron chi connectivity index (χ2n) is 9.85. The van der Waals surface area contributed by atoms with Crippen molar-refractivity contribution in [2.24, 2.45) is 24.8 Å². The SMILES string of the molecule is Cn1nc2n(c1=O)C[C@@H](C(=O)NC13C[C@H]4C[C@@H](C1)CC(n1ncnn1)(C4)C3)CC2. The molecule has 0 radical (unpaired) electrons. The molecule has 3 heterocycles. The molecule has 154 valence electrons. The second-order valence-corrected chi connectivity index (χ2v) is 9.85. The van der Waals surface area contributed by atoms with Crippen LogP contribution in [0.1, 0.15) is 50.8 Å². The summed E-state index contributed by atoms with van der Waals surface area (Å²) in [5.41, 5.74) is -0.438. The van der Waals surface area contributed by atoms with E-state index in [-0.39, 0.29) is 28.6 Å². The van der Waals surface area contributed by atoms with Gasteiger partial charge in [-0.15, -0.1) is 10.2 Å². The van der Waals surface area contributed by atoms with Crippen molar-refractivity contribution >= 4 is 5.91 Å². The fourth-order valence-electron chi connectivity index (χ4n) is 7.09. The van der Waals surface area contributed by atoms with Gasteiger partial charge in [0.05, 0.1) is 11.5 Å². The van der Waals surface area contributed by atoms with Crippen LogP contribution in [0, 0.1) is 17.8 Å². The Morgan fingerprint density at radius 3 is 2.76 bits per heavy atom. The van der Waals surface area contributed by atoms with E-state index in [9.17, 15) is 9.59 Å². The first-order chi connectivity index (χ1) is 14.0. The predicted molar refractivity (Wildman–Crippen MR) is 101 cm³/mol. The van der Waals surface area contributed by atoms with Crippen LogP contribution in [-0.4, -0.2) is 46.0 Å². The van der Waals surface area contributed by atoms with Crippen LogP contribution in [0.2, 0.25) is 0 Å². The van der Waals surface area contributed by atoms with E-state index in [0.717, 1.165) is 44.3 Å². The standard InChI is InChI=1S/C19H26N8O2/c1-25-17(29)26-9-14(2-3-15(26)23-25)16(28)22-18-5-12-4-13(6-18)8-19(7-12,10-18)27-21-11-20-24-27/h11-14H,2-10H2,1H3,(H,22,28)/t12-,13+,14-,18?,19?/m0/s1. The van der Waals surface area contributed by atoms with Crippen LogP contribution in [0.3, 0.4) is 0 Å². The zero-order valence-corrected chi connectivity index (χ0v) is 16.6. The minimum absolute atomic E-state index is 0.0788. The lowest BCUT2D eigenvalue weighted by Gasteiger charge is -2.61. The number of hydrogen-bond donors (Lipinski definition) is 1. The van der Waals surface area contributed by atoms with Crippen LogP contribution in [0.4, 0.5) is 0 Å². The van der Waals surface area contributed by atoms with Crippen molar-refractivity contribution in [3.05, 3.63) is 22.6 Å². The molecule has 4 aliphatic carbocycles. The molecule has 0 saturated heterocycles. The molecule has 5 atom stereocenters. The molecule has 5 aliphatic rings. The van der Waals surface area contributed by atoms with Gasteiger partial charge in [0.2, 0.25) is 5.91 Å². The van der Waals surface area contributed by atoms with Gasteiger partial charge in [0.25, 0.3) is 0 Å². The lowest BCUT2D eigenvalue weighted by molar-refractivity contribution is -0.136. The summed E-state index contributed by atoms with van der Waals surface area (Å²) in [6.07, 6.45) is 9.26. The summed E-state index contributed by atoms with van der Waals surface area (Å²) in [7, 11) is 1.66. The number of carbonyl (C=O) groups excluding carboxylic acids is 1. The van der Waals surface area contributed by atoms with Crippen LogP contribution in [0.15, 0.2) is 11.1 Å². The third kappa shape index (κ3) is 2.53. The highest BCUT2D eigenvalue weighted by Crippen LogP contribution is 2.60. The number of rotatable bonds is 3. The maximum atomic E-state index is 13.3. The van der Waals surface area contributed by atoms with Crippen LogP contribution >= 0.6 is 0 Å². The monoisotopic (exact) mass is 398 g/mol. The average molecular weight is 398 g/mol. The Labute approximate surface area is 167 Å². The van der Waals surface area contributed by atoms with Crippen molar-refractivity contribution in [3.63, 3.8) is 0 Å². The number of nitrogens with one attached hydrogen (secondary N) is 1. The summed E-state index contributed by atoms with van der Waals surface area (Å²) in [6.45, 7) is 0.423. The van der Waals surface area contributed by atoms with E-state index in [1.807, 2.05) is 4.80 Å². The minimum atomic E-state index is -0.186. The summed E-state index contributed by atoms with van der Waals surface area (Å²) in [5, 5.41) is 20.3. The van der Waals surface area contributed by atoms with Crippen LogP contribution < -0.4 is 11.0 Å². The van der Waals surface area contributed by atoms with E-state index in [1.165, 1.54) is 17.4 Å². The smallest absolute Gasteiger partial charge is 0.345 e. The predicted octanol–water partition coefficient (Wildman–Crippen LogP) is -0.00500. The van der Waals surface area contributed by atoms with Crippen molar-refractivity contribution in [3.8, 4) is 0 Å². The van der Waals surface area contributed by atoms with Crippen LogP contribution in [0.5, 0.6) is 0 Å². The van der Waals surface area contributed by atoms with Gasteiger partial charge < -0.3 is 5.32 Å². The molecule has 1 aliphatic heterocycles. The summed E-state index contributed by atoms with van der Waals surface area (Å²) < 4.78 is 3.03. The van der Waals surface area contributed by atoms with Gasteiger partial charge in [-0.05, 0) is 62.0 Å². The van der Waals surface area contributed by atoms with Crippen molar-refractivity contribution in [2.45, 2.75) is 69.0 Å². The number of fused-ring (bicyclic) bond motifs is 1. The maximum absolute atomic E-state index is 13.3. The third-order valence-corrected chi connectivity index (χ3v) is 7.77. The van der Waals surface area contributed by atoms with Gasteiger partial charge in [-0.25, -0.2) is 9.48 Å². The Morgan fingerprint density at radius 1 is 1.24 bits per heavy atom. The molecule has 29 heavy (non-hydrogen) atoms. The van der Waals surface area contributed by atoms with Crippen molar-refractivity contribution < 1.29 is 4.79 Å². The fraction of sp³-hybridized carbons (Fsp3) is 0.789. The van der Waals surface area contributed by atoms with Crippen LogP contribution in [0.25, 0.3) is 0 Å². The lowest BCUT2D eigenvalue weighted by Crippen LogP contribution is -2.66. The number of amides is 1. The summed E-state index contributed by atoms with van der Waals surface area (Å²) in [5.74, 6) is 1.88. The third-order valence-electron chi connectivity index (χ3n) is 7.77. The zero-order chi connectivity index (χ0) is 19.8. The molecule has 2 aromatic rings. The molecule has 10 nitrogen and oxygen atoms in total. The Morgan fingerprint density at radius 2 is 2.03 bits per heavy atom. The van der Waals surface area contributed by atoms with E-state index in [4.69, 9.17) is 0 Å². The molecule has 4 saturated carbocycles. The summed E-state index contributed by atoms with van der Waals surface area (Å²) in [4.78, 5) is 27.4. The second kappa shape index (κ2) is 5.76. The number of carbonyl (C=O) groups is 1. The summed E-state index contributed by atoms with van der Waals surface area (Å²) in [6, 6.07) is 0. The van der Waals surface area contributed by atoms with Gasteiger partial charge in [-0.3, -0.25) is 9.36 Å². The Kier molecular flexibility index (Phi) is 3.45. The minimum Gasteiger partial charge on any atom is -0.350 e. The molecule has 0 spiro atoms. The highest BCUT2D eigenvalue weighted by Gasteiger charge is 2.60. The first-order valence-electron chi connectivity index (χ1n) is 10.6. The van der Waals surface area contributed by atoms with Crippen molar-refractivity contribution in [1.82, 2.24) is 39.9 Å². The highest BCUT2D eigenvalue weighted by molar-refractivity contribution is 5.79. The molecule has 7 rings (SSSR count). The molecule has 2 aromatic heterocycles. The fourth-order valence-corrected chi connectivity index (χ4v) is 7.09. The quantitative estimate of drug-likeness (QED) is 0.778.